The van der Waals surface area contributed by atoms with Gasteiger partial charge in [0.15, 0.2) is 0 Å². The Balaban J connectivity index is 2.02. The van der Waals surface area contributed by atoms with Gasteiger partial charge in [-0.15, -0.1) is 0 Å². The van der Waals surface area contributed by atoms with E-state index in [0.717, 1.165) is 19.3 Å². The molecular weight excluding hydrogens is 282 g/mol. The Morgan fingerprint density at radius 1 is 1.27 bits per heavy atom. The molecule has 0 aromatic rings. The lowest BCUT2D eigenvalue weighted by molar-refractivity contribution is -0.146. The number of carbonyl (C=O) groups excluding carboxylic acids is 2. The highest BCUT2D eigenvalue weighted by atomic mass is 16.6. The Bertz CT molecular complexity index is 466. The monoisotopic (exact) mass is 311 g/mol. The van der Waals surface area contributed by atoms with Crippen LogP contribution in [0.25, 0.3) is 0 Å². The first-order valence-corrected chi connectivity index (χ1v) is 8.18. The average Bonchev–Trinajstić information content (AvgIpc) is 2.99. The molecule has 0 N–H and O–H groups in total. The highest BCUT2D eigenvalue weighted by Crippen LogP contribution is 2.62. The minimum absolute atomic E-state index is 0.00696. The molecule has 5 heteroatoms. The smallest absolute Gasteiger partial charge is 0.410 e. The fourth-order valence-corrected chi connectivity index (χ4v) is 3.73. The number of carbonyl (C=O) groups is 2. The molecule has 2 rings (SSSR count). The van der Waals surface area contributed by atoms with Gasteiger partial charge < -0.3 is 14.4 Å². The number of hydrogen-bond acceptors (Lipinski definition) is 4. The SMILES string of the molecule is CCOC(=O)C1CC12CCN(C(=O)OC(C)(C)C)C(C)(C)C2. The summed E-state index contributed by atoms with van der Waals surface area (Å²) in [5.74, 6) is -0.0727. The average molecular weight is 311 g/mol. The number of hydrogen-bond donors (Lipinski definition) is 0. The van der Waals surface area contributed by atoms with Crippen LogP contribution in [-0.4, -0.2) is 41.3 Å². The summed E-state index contributed by atoms with van der Waals surface area (Å²) in [6.07, 6.45) is 2.29. The summed E-state index contributed by atoms with van der Waals surface area (Å²) in [7, 11) is 0. The Kier molecular flexibility index (Phi) is 4.22. The molecule has 1 saturated carbocycles. The van der Waals surface area contributed by atoms with Crippen LogP contribution in [0.2, 0.25) is 0 Å². The van der Waals surface area contributed by atoms with Crippen molar-refractivity contribution in [1.29, 1.82) is 0 Å². The third-order valence-corrected chi connectivity index (χ3v) is 4.72. The van der Waals surface area contributed by atoms with Crippen molar-refractivity contribution >= 4 is 12.1 Å². The van der Waals surface area contributed by atoms with Crippen LogP contribution in [0.5, 0.6) is 0 Å². The van der Waals surface area contributed by atoms with Crippen molar-refractivity contribution in [3.63, 3.8) is 0 Å². The van der Waals surface area contributed by atoms with E-state index >= 15 is 0 Å². The number of rotatable bonds is 2. The number of ether oxygens (including phenoxy) is 2. The zero-order chi connectivity index (χ0) is 16.8. The first-order valence-electron chi connectivity index (χ1n) is 8.18. The van der Waals surface area contributed by atoms with E-state index in [1.54, 1.807) is 0 Å². The van der Waals surface area contributed by atoms with Crippen LogP contribution in [0.4, 0.5) is 4.79 Å². The molecule has 0 radical (unpaired) electrons. The first-order chi connectivity index (χ1) is 10.0. The van der Waals surface area contributed by atoms with Crippen molar-refractivity contribution in [2.45, 2.75) is 71.9 Å². The lowest BCUT2D eigenvalue weighted by Crippen LogP contribution is -2.55. The van der Waals surface area contributed by atoms with E-state index in [9.17, 15) is 9.59 Å². The quantitative estimate of drug-likeness (QED) is 0.734. The second kappa shape index (κ2) is 5.43. The number of nitrogens with zero attached hydrogens (tertiary/aromatic N) is 1. The molecule has 2 aliphatic rings. The van der Waals surface area contributed by atoms with Crippen LogP contribution >= 0.6 is 0 Å². The van der Waals surface area contributed by atoms with E-state index < -0.39 is 5.60 Å². The maximum Gasteiger partial charge on any atom is 0.410 e. The van der Waals surface area contributed by atoms with Crippen molar-refractivity contribution in [1.82, 2.24) is 4.90 Å². The molecule has 1 saturated heterocycles. The van der Waals surface area contributed by atoms with Crippen LogP contribution in [-0.2, 0) is 14.3 Å². The topological polar surface area (TPSA) is 55.8 Å². The normalized spacial score (nSPS) is 30.1. The van der Waals surface area contributed by atoms with E-state index in [4.69, 9.17) is 9.47 Å². The van der Waals surface area contributed by atoms with Gasteiger partial charge in [-0.2, -0.15) is 0 Å². The molecule has 2 fully saturated rings. The fourth-order valence-electron chi connectivity index (χ4n) is 3.73. The molecule has 2 unspecified atom stereocenters. The summed E-state index contributed by atoms with van der Waals surface area (Å²) in [4.78, 5) is 26.2. The number of likely N-dealkylation sites (tertiary alicyclic amines) is 1. The highest BCUT2D eigenvalue weighted by molar-refractivity contribution is 5.77. The highest BCUT2D eigenvalue weighted by Gasteiger charge is 2.63. The number of amides is 1. The van der Waals surface area contributed by atoms with Crippen LogP contribution in [0.1, 0.15) is 60.8 Å². The largest absolute Gasteiger partial charge is 0.466 e. The van der Waals surface area contributed by atoms with Crippen molar-refractivity contribution < 1.29 is 19.1 Å². The molecule has 0 bridgehead atoms. The maximum absolute atomic E-state index is 12.4. The predicted octanol–water partition coefficient (Wildman–Crippen LogP) is 3.37. The molecular formula is C17H29NO4. The van der Waals surface area contributed by atoms with Crippen molar-refractivity contribution in [2.24, 2.45) is 11.3 Å². The molecule has 1 heterocycles. The Morgan fingerprint density at radius 2 is 1.91 bits per heavy atom. The van der Waals surface area contributed by atoms with E-state index in [1.165, 1.54) is 0 Å². The third kappa shape index (κ3) is 3.39. The van der Waals surface area contributed by atoms with Crippen molar-refractivity contribution in [2.75, 3.05) is 13.2 Å². The first kappa shape index (κ1) is 17.1. The van der Waals surface area contributed by atoms with Crippen LogP contribution in [0.15, 0.2) is 0 Å². The molecule has 126 valence electrons. The van der Waals surface area contributed by atoms with E-state index in [0.29, 0.717) is 13.2 Å². The summed E-state index contributed by atoms with van der Waals surface area (Å²) in [5, 5.41) is 0. The Hall–Kier alpha value is -1.26. The minimum Gasteiger partial charge on any atom is -0.466 e. The summed E-state index contributed by atoms with van der Waals surface area (Å²) in [6.45, 7) is 12.6. The van der Waals surface area contributed by atoms with Gasteiger partial charge >= 0.3 is 12.1 Å². The van der Waals surface area contributed by atoms with Gasteiger partial charge in [0.25, 0.3) is 0 Å². The molecule has 5 nitrogen and oxygen atoms in total. The van der Waals surface area contributed by atoms with Crippen LogP contribution in [0.3, 0.4) is 0 Å². The predicted molar refractivity (Wildman–Crippen MR) is 83.4 cm³/mol. The van der Waals surface area contributed by atoms with Gasteiger partial charge in [-0.05, 0) is 66.2 Å². The maximum atomic E-state index is 12.4. The summed E-state index contributed by atoms with van der Waals surface area (Å²) in [6, 6.07) is 0. The molecule has 2 atom stereocenters. The van der Waals surface area contributed by atoms with Gasteiger partial charge in [0.05, 0.1) is 12.5 Å². The van der Waals surface area contributed by atoms with E-state index in [2.05, 4.69) is 13.8 Å². The molecule has 1 spiro atoms. The second-order valence-electron chi connectivity index (χ2n) is 8.24. The second-order valence-corrected chi connectivity index (χ2v) is 8.24. The number of esters is 1. The standard InChI is InChI=1S/C17H29NO4/c1-7-21-13(19)12-10-17(12)8-9-18(16(5,6)11-17)14(20)22-15(2,3)4/h12H,7-11H2,1-6H3. The van der Waals surface area contributed by atoms with E-state index in [-0.39, 0.29) is 28.9 Å². The van der Waals surface area contributed by atoms with Gasteiger partial charge in [-0.1, -0.05) is 0 Å². The van der Waals surface area contributed by atoms with Gasteiger partial charge in [-0.3, -0.25) is 4.79 Å². The van der Waals surface area contributed by atoms with Crippen molar-refractivity contribution in [3.8, 4) is 0 Å². The lowest BCUT2D eigenvalue weighted by atomic mass is 9.79. The van der Waals surface area contributed by atoms with Gasteiger partial charge in [0.2, 0.25) is 0 Å². The molecule has 1 aliphatic heterocycles. The van der Waals surface area contributed by atoms with Gasteiger partial charge in [0, 0.05) is 12.1 Å². The molecule has 22 heavy (non-hydrogen) atoms. The van der Waals surface area contributed by atoms with Gasteiger partial charge in [0.1, 0.15) is 5.60 Å². The molecule has 0 aromatic carbocycles. The van der Waals surface area contributed by atoms with Crippen LogP contribution < -0.4 is 0 Å². The third-order valence-electron chi connectivity index (χ3n) is 4.72. The zero-order valence-corrected chi connectivity index (χ0v) is 14.7. The number of piperidine rings is 1. The fraction of sp³-hybridized carbons (Fsp3) is 0.882. The van der Waals surface area contributed by atoms with Gasteiger partial charge in [-0.25, -0.2) is 4.79 Å². The summed E-state index contributed by atoms with van der Waals surface area (Å²) in [5.41, 5.74) is -0.772. The van der Waals surface area contributed by atoms with E-state index in [1.807, 2.05) is 32.6 Å². The molecule has 1 aliphatic carbocycles. The Labute approximate surface area is 133 Å². The Morgan fingerprint density at radius 3 is 2.41 bits per heavy atom. The molecule has 0 aromatic heterocycles. The van der Waals surface area contributed by atoms with Crippen LogP contribution in [0, 0.1) is 11.3 Å². The minimum atomic E-state index is -0.491. The summed E-state index contributed by atoms with van der Waals surface area (Å²) < 4.78 is 10.7. The zero-order valence-electron chi connectivity index (χ0n) is 14.7. The lowest BCUT2D eigenvalue weighted by Gasteiger charge is -2.46. The van der Waals surface area contributed by atoms with Crippen molar-refractivity contribution in [3.05, 3.63) is 0 Å². The summed E-state index contributed by atoms with van der Waals surface area (Å²) >= 11 is 0. The molecule has 1 amide bonds.